The topological polar surface area (TPSA) is 100 Å². The molecule has 2 aromatic heterocycles. The highest BCUT2D eigenvalue weighted by atomic mass is 32.1. The summed E-state index contributed by atoms with van der Waals surface area (Å²) in [6, 6.07) is 11.0. The molecule has 1 atom stereocenters. The number of nitrogens with one attached hydrogen (secondary N) is 2. The smallest absolute Gasteiger partial charge is 0.259 e. The number of aliphatic hydroxyl groups excluding tert-OH is 1. The molecule has 3 rings (SSSR count). The lowest BCUT2D eigenvalue weighted by Gasteiger charge is -2.15. The lowest BCUT2D eigenvalue weighted by molar-refractivity contribution is 0.102. The molecular weight excluding hydrogens is 338 g/mol. The molecule has 0 saturated heterocycles. The van der Waals surface area contributed by atoms with E-state index in [1.807, 2.05) is 31.2 Å². The summed E-state index contributed by atoms with van der Waals surface area (Å²) in [5.41, 5.74) is 3.87. The van der Waals surface area contributed by atoms with Gasteiger partial charge in [0.05, 0.1) is 11.7 Å². The van der Waals surface area contributed by atoms with E-state index in [0.29, 0.717) is 23.1 Å². The second-order valence-electron chi connectivity index (χ2n) is 5.38. The first-order chi connectivity index (χ1) is 12.1. The largest absolute Gasteiger partial charge is 0.387 e. The number of aromatic nitrogens is 3. The number of benzene rings is 1. The van der Waals surface area contributed by atoms with Crippen molar-refractivity contribution in [3.63, 3.8) is 0 Å². The van der Waals surface area contributed by atoms with Gasteiger partial charge in [0, 0.05) is 12.7 Å². The molecule has 7 nitrogen and oxygen atoms in total. The Morgan fingerprint density at radius 2 is 2.12 bits per heavy atom. The average molecular weight is 355 g/mol. The number of carbonyl (C=O) groups excluding carboxylic acids is 1. The molecule has 1 aromatic carbocycles. The molecule has 0 fully saturated rings. The van der Waals surface area contributed by atoms with Crippen LogP contribution in [0.3, 0.4) is 0 Å². The van der Waals surface area contributed by atoms with E-state index >= 15 is 0 Å². The average Bonchev–Trinajstić information content (AvgIpc) is 3.13. The molecule has 3 N–H and O–H groups in total. The zero-order chi connectivity index (χ0) is 17.6. The molecule has 1 unspecified atom stereocenters. The zero-order valence-corrected chi connectivity index (χ0v) is 14.3. The molecule has 0 aliphatic rings. The Balaban J connectivity index is 1.57. The third kappa shape index (κ3) is 4.37. The van der Waals surface area contributed by atoms with Gasteiger partial charge >= 0.3 is 0 Å². The number of carbonyl (C=O) groups is 1. The lowest BCUT2D eigenvalue weighted by atomic mass is 10.0. The van der Waals surface area contributed by atoms with E-state index in [0.717, 1.165) is 11.1 Å². The van der Waals surface area contributed by atoms with Crippen LogP contribution in [-0.2, 0) is 0 Å². The minimum Gasteiger partial charge on any atom is -0.387 e. The Kier molecular flexibility index (Phi) is 5.32. The van der Waals surface area contributed by atoms with E-state index in [9.17, 15) is 9.90 Å². The van der Waals surface area contributed by atoms with Gasteiger partial charge in [0.2, 0.25) is 5.13 Å². The van der Waals surface area contributed by atoms with E-state index in [2.05, 4.69) is 25.8 Å². The second-order valence-corrected chi connectivity index (χ2v) is 6.22. The summed E-state index contributed by atoms with van der Waals surface area (Å²) in [5.74, 6) is 0.288. The fourth-order valence-electron chi connectivity index (χ4n) is 2.30. The lowest BCUT2D eigenvalue weighted by Crippen LogP contribution is -2.15. The van der Waals surface area contributed by atoms with Gasteiger partial charge in [-0.15, -0.1) is 10.2 Å². The summed E-state index contributed by atoms with van der Waals surface area (Å²) >= 11 is 1.24. The van der Waals surface area contributed by atoms with Crippen LogP contribution in [0.4, 0.5) is 10.9 Å². The van der Waals surface area contributed by atoms with Gasteiger partial charge in [-0.25, -0.2) is 4.98 Å². The highest BCUT2D eigenvalue weighted by Crippen LogP contribution is 2.18. The van der Waals surface area contributed by atoms with E-state index in [1.165, 1.54) is 17.5 Å². The van der Waals surface area contributed by atoms with Gasteiger partial charge in [-0.3, -0.25) is 10.1 Å². The van der Waals surface area contributed by atoms with Crippen molar-refractivity contribution in [2.45, 2.75) is 13.0 Å². The van der Waals surface area contributed by atoms with Crippen LogP contribution in [0.15, 0.2) is 48.1 Å². The fourth-order valence-corrected chi connectivity index (χ4v) is 2.74. The quantitative estimate of drug-likeness (QED) is 0.628. The Hall–Kier alpha value is -2.84. The molecule has 3 aromatic rings. The van der Waals surface area contributed by atoms with Gasteiger partial charge in [-0.2, -0.15) is 0 Å². The SMILES string of the molecule is Cc1ccccc1C(O)CNc1ccc(C(=O)Nc2nncs2)cn1. The van der Waals surface area contributed by atoms with Crippen LogP contribution in [0, 0.1) is 6.92 Å². The molecule has 1 amide bonds. The Morgan fingerprint density at radius 1 is 1.28 bits per heavy atom. The summed E-state index contributed by atoms with van der Waals surface area (Å²) in [4.78, 5) is 16.2. The molecule has 25 heavy (non-hydrogen) atoms. The predicted octanol–water partition coefficient (Wildman–Crippen LogP) is 2.64. The Labute approximate surface area is 148 Å². The van der Waals surface area contributed by atoms with Gasteiger partial charge in [0.25, 0.3) is 5.91 Å². The number of nitrogens with zero attached hydrogens (tertiary/aromatic N) is 3. The maximum atomic E-state index is 12.0. The normalized spacial score (nSPS) is 11.8. The number of hydrogen-bond acceptors (Lipinski definition) is 7. The summed E-state index contributed by atoms with van der Waals surface area (Å²) in [5, 5.41) is 23.9. The molecule has 0 bridgehead atoms. The minimum absolute atomic E-state index is 0.296. The van der Waals surface area contributed by atoms with Crippen LogP contribution in [0.2, 0.25) is 0 Å². The maximum absolute atomic E-state index is 12.0. The molecular formula is C17H17N5O2S. The van der Waals surface area contributed by atoms with E-state index < -0.39 is 6.10 Å². The maximum Gasteiger partial charge on any atom is 0.259 e. The van der Waals surface area contributed by atoms with Crippen molar-refractivity contribution in [3.8, 4) is 0 Å². The van der Waals surface area contributed by atoms with Crippen molar-refractivity contribution in [2.24, 2.45) is 0 Å². The molecule has 128 valence electrons. The molecule has 0 aliphatic carbocycles. The second kappa shape index (κ2) is 7.82. The van der Waals surface area contributed by atoms with Crippen LogP contribution >= 0.6 is 11.3 Å². The zero-order valence-electron chi connectivity index (χ0n) is 13.5. The monoisotopic (exact) mass is 355 g/mol. The first kappa shape index (κ1) is 17.0. The van der Waals surface area contributed by atoms with E-state index in [1.54, 1.807) is 17.6 Å². The van der Waals surface area contributed by atoms with Crippen LogP contribution < -0.4 is 10.6 Å². The van der Waals surface area contributed by atoms with Crippen LogP contribution in [0.25, 0.3) is 0 Å². The molecule has 2 heterocycles. The van der Waals surface area contributed by atoms with Crippen molar-refractivity contribution in [2.75, 3.05) is 17.2 Å². The van der Waals surface area contributed by atoms with Crippen LogP contribution in [0.1, 0.15) is 27.6 Å². The molecule has 0 saturated carbocycles. The first-order valence-corrected chi connectivity index (χ1v) is 8.52. The number of amides is 1. The molecule has 8 heteroatoms. The highest BCUT2D eigenvalue weighted by molar-refractivity contribution is 7.13. The number of anilines is 2. The van der Waals surface area contributed by atoms with Crippen molar-refractivity contribution >= 4 is 28.2 Å². The van der Waals surface area contributed by atoms with Crippen LogP contribution in [0.5, 0.6) is 0 Å². The number of aryl methyl sites for hydroxylation is 1. The van der Waals surface area contributed by atoms with Crippen molar-refractivity contribution in [1.29, 1.82) is 0 Å². The van der Waals surface area contributed by atoms with Crippen molar-refractivity contribution < 1.29 is 9.90 Å². The molecule has 0 aliphatic heterocycles. The van der Waals surface area contributed by atoms with Gasteiger partial charge in [0.1, 0.15) is 11.3 Å². The molecule has 0 radical (unpaired) electrons. The number of aliphatic hydroxyl groups is 1. The Bertz CT molecular complexity index is 837. The van der Waals surface area contributed by atoms with Gasteiger partial charge in [-0.05, 0) is 30.2 Å². The van der Waals surface area contributed by atoms with Gasteiger partial charge in [-0.1, -0.05) is 35.6 Å². The summed E-state index contributed by atoms with van der Waals surface area (Å²) < 4.78 is 0. The van der Waals surface area contributed by atoms with E-state index in [4.69, 9.17) is 0 Å². The summed E-state index contributed by atoms with van der Waals surface area (Å²) in [6.07, 6.45) is 0.835. The summed E-state index contributed by atoms with van der Waals surface area (Å²) in [7, 11) is 0. The number of hydrogen-bond donors (Lipinski definition) is 3. The van der Waals surface area contributed by atoms with Crippen molar-refractivity contribution in [3.05, 3.63) is 64.8 Å². The number of pyridine rings is 1. The van der Waals surface area contributed by atoms with Crippen LogP contribution in [-0.4, -0.2) is 32.7 Å². The first-order valence-electron chi connectivity index (χ1n) is 7.64. The molecule has 0 spiro atoms. The standard InChI is InChI=1S/C17H17N5O2S/c1-11-4-2-3-5-13(11)14(23)9-19-15-7-6-12(8-18-15)16(24)21-17-22-20-10-25-17/h2-8,10,14,23H,9H2,1H3,(H,18,19)(H,21,22,24). The predicted molar refractivity (Wildman–Crippen MR) is 96.7 cm³/mol. The van der Waals surface area contributed by atoms with Crippen molar-refractivity contribution in [1.82, 2.24) is 15.2 Å². The van der Waals surface area contributed by atoms with Gasteiger partial charge < -0.3 is 10.4 Å². The third-order valence-electron chi connectivity index (χ3n) is 3.63. The third-order valence-corrected chi connectivity index (χ3v) is 4.24. The number of rotatable bonds is 6. The fraction of sp³-hybridized carbons (Fsp3) is 0.176. The Morgan fingerprint density at radius 3 is 2.80 bits per heavy atom. The van der Waals surface area contributed by atoms with E-state index in [-0.39, 0.29) is 5.91 Å². The summed E-state index contributed by atoms with van der Waals surface area (Å²) in [6.45, 7) is 2.29. The minimum atomic E-state index is -0.636. The van der Waals surface area contributed by atoms with Gasteiger partial charge in [0.15, 0.2) is 0 Å². The highest BCUT2D eigenvalue weighted by Gasteiger charge is 2.11.